The molecule has 0 radical (unpaired) electrons. The molecule has 2 aromatic rings. The van der Waals surface area contributed by atoms with Gasteiger partial charge in [0.1, 0.15) is 11.6 Å². The van der Waals surface area contributed by atoms with Crippen LogP contribution in [0.3, 0.4) is 0 Å². The van der Waals surface area contributed by atoms with Gasteiger partial charge in [0.25, 0.3) is 0 Å². The van der Waals surface area contributed by atoms with Crippen LogP contribution in [0.1, 0.15) is 18.2 Å². The Morgan fingerprint density at radius 2 is 2.17 bits per heavy atom. The number of hydrogen-bond acceptors (Lipinski definition) is 3. The fourth-order valence-corrected chi connectivity index (χ4v) is 3.03. The zero-order chi connectivity index (χ0) is 13.0. The van der Waals surface area contributed by atoms with Gasteiger partial charge < -0.3 is 9.73 Å². The van der Waals surface area contributed by atoms with Crippen molar-refractivity contribution in [1.82, 2.24) is 0 Å². The molecule has 0 aliphatic rings. The molecule has 0 spiro atoms. The Labute approximate surface area is 111 Å². The van der Waals surface area contributed by atoms with Crippen molar-refractivity contribution in [3.05, 3.63) is 47.7 Å². The Hall–Kier alpha value is -1.42. The predicted molar refractivity (Wildman–Crippen MR) is 73.6 cm³/mol. The fourth-order valence-electron chi connectivity index (χ4n) is 1.83. The van der Waals surface area contributed by atoms with Gasteiger partial charge in [-0.1, -0.05) is 6.92 Å². The van der Waals surface area contributed by atoms with Gasteiger partial charge in [-0.2, -0.15) is 0 Å². The third-order valence-corrected chi connectivity index (χ3v) is 3.95. The minimum atomic E-state index is -0.140. The van der Waals surface area contributed by atoms with Crippen molar-refractivity contribution in [2.45, 2.75) is 24.0 Å². The summed E-state index contributed by atoms with van der Waals surface area (Å²) in [6, 6.07) is 7.08. The van der Waals surface area contributed by atoms with Crippen LogP contribution in [0.15, 0.2) is 39.8 Å². The van der Waals surface area contributed by atoms with E-state index in [2.05, 4.69) is 5.32 Å². The van der Waals surface area contributed by atoms with Crippen LogP contribution in [0.2, 0.25) is 0 Å². The second kappa shape index (κ2) is 5.96. The molecule has 1 heterocycles. The maximum absolute atomic E-state index is 13.8. The molecule has 0 saturated heterocycles. The van der Waals surface area contributed by atoms with Crippen LogP contribution in [0.4, 0.5) is 10.1 Å². The van der Waals surface area contributed by atoms with Gasteiger partial charge in [0, 0.05) is 23.2 Å². The van der Waals surface area contributed by atoms with Crippen LogP contribution in [0.25, 0.3) is 0 Å². The normalized spacial score (nSPS) is 10.6. The van der Waals surface area contributed by atoms with Gasteiger partial charge in [-0.25, -0.2) is 4.39 Å². The van der Waals surface area contributed by atoms with Gasteiger partial charge in [-0.05, 0) is 30.7 Å². The van der Waals surface area contributed by atoms with E-state index in [4.69, 9.17) is 4.42 Å². The van der Waals surface area contributed by atoms with Crippen molar-refractivity contribution in [2.75, 3.05) is 12.4 Å². The van der Waals surface area contributed by atoms with E-state index in [-0.39, 0.29) is 5.82 Å². The van der Waals surface area contributed by atoms with Crippen LogP contribution in [-0.4, -0.2) is 7.05 Å². The van der Waals surface area contributed by atoms with Gasteiger partial charge in [0.15, 0.2) is 0 Å². The predicted octanol–water partition coefficient (Wildman–Crippen LogP) is 4.32. The molecule has 2 rings (SSSR count). The number of thioether (sulfide) groups is 1. The molecule has 1 aromatic heterocycles. The van der Waals surface area contributed by atoms with E-state index >= 15 is 0 Å². The van der Waals surface area contributed by atoms with Crippen molar-refractivity contribution >= 4 is 17.4 Å². The lowest BCUT2D eigenvalue weighted by Crippen LogP contribution is -1.98. The SMILES string of the molecule is CCc1c(F)ccc(NC)c1SCc1ccco1. The largest absolute Gasteiger partial charge is 0.468 e. The first-order valence-electron chi connectivity index (χ1n) is 5.90. The highest BCUT2D eigenvalue weighted by molar-refractivity contribution is 7.98. The number of halogens is 1. The summed E-state index contributed by atoms with van der Waals surface area (Å²) in [4.78, 5) is 0.969. The molecular formula is C14H16FNOS. The van der Waals surface area contributed by atoms with Gasteiger partial charge in [-0.15, -0.1) is 11.8 Å². The molecule has 0 fully saturated rings. The lowest BCUT2D eigenvalue weighted by atomic mass is 10.1. The number of benzene rings is 1. The minimum Gasteiger partial charge on any atom is -0.468 e. The van der Waals surface area contributed by atoms with Gasteiger partial charge in [0.05, 0.1) is 12.0 Å². The second-order valence-corrected chi connectivity index (χ2v) is 4.86. The van der Waals surface area contributed by atoms with E-state index in [0.717, 1.165) is 21.9 Å². The molecular weight excluding hydrogens is 249 g/mol. The van der Waals surface area contributed by atoms with E-state index in [1.165, 1.54) is 6.07 Å². The number of hydrogen-bond donors (Lipinski definition) is 1. The third-order valence-electron chi connectivity index (χ3n) is 2.77. The van der Waals surface area contributed by atoms with Crippen LogP contribution in [0, 0.1) is 5.82 Å². The summed E-state index contributed by atoms with van der Waals surface area (Å²) in [6.45, 7) is 1.97. The Kier molecular flexibility index (Phi) is 4.31. The van der Waals surface area contributed by atoms with E-state index in [1.54, 1.807) is 24.1 Å². The summed E-state index contributed by atoms with van der Waals surface area (Å²) < 4.78 is 19.1. The molecule has 0 atom stereocenters. The van der Waals surface area contributed by atoms with Gasteiger partial charge in [0.2, 0.25) is 0 Å². The fraction of sp³-hybridized carbons (Fsp3) is 0.286. The lowest BCUT2D eigenvalue weighted by molar-refractivity contribution is 0.530. The summed E-state index contributed by atoms with van der Waals surface area (Å²) in [7, 11) is 1.85. The average Bonchev–Trinajstić information content (AvgIpc) is 2.89. The standard InChI is InChI=1S/C14H16FNOS/c1-3-11-12(15)6-7-13(16-2)14(11)18-9-10-5-4-8-17-10/h4-8,16H,3,9H2,1-2H3. The third kappa shape index (κ3) is 2.70. The lowest BCUT2D eigenvalue weighted by Gasteiger charge is -2.13. The van der Waals surface area contributed by atoms with E-state index < -0.39 is 0 Å². The van der Waals surface area contributed by atoms with Crippen molar-refractivity contribution in [3.63, 3.8) is 0 Å². The topological polar surface area (TPSA) is 25.2 Å². The van der Waals surface area contributed by atoms with Crippen molar-refractivity contribution in [1.29, 1.82) is 0 Å². The average molecular weight is 265 g/mol. The summed E-state index contributed by atoms with van der Waals surface area (Å²) >= 11 is 1.60. The maximum Gasteiger partial charge on any atom is 0.127 e. The van der Waals surface area contributed by atoms with Crippen LogP contribution in [-0.2, 0) is 12.2 Å². The quantitative estimate of drug-likeness (QED) is 0.815. The first-order chi connectivity index (χ1) is 8.76. The number of rotatable bonds is 5. The van der Waals surface area contributed by atoms with Crippen LogP contribution >= 0.6 is 11.8 Å². The van der Waals surface area contributed by atoms with E-state index in [0.29, 0.717) is 12.2 Å². The van der Waals surface area contributed by atoms with Crippen molar-refractivity contribution in [3.8, 4) is 0 Å². The second-order valence-electron chi connectivity index (χ2n) is 3.87. The number of anilines is 1. The summed E-state index contributed by atoms with van der Waals surface area (Å²) in [5.74, 6) is 1.46. The summed E-state index contributed by atoms with van der Waals surface area (Å²) in [5.41, 5.74) is 1.73. The monoisotopic (exact) mass is 265 g/mol. The molecule has 1 N–H and O–H groups in total. The van der Waals surface area contributed by atoms with Crippen LogP contribution in [0.5, 0.6) is 0 Å². The summed E-state index contributed by atoms with van der Waals surface area (Å²) in [5, 5.41) is 3.11. The molecule has 1 aromatic carbocycles. The molecule has 0 aliphatic carbocycles. The molecule has 0 unspecified atom stereocenters. The molecule has 4 heteroatoms. The van der Waals surface area contributed by atoms with Crippen molar-refractivity contribution < 1.29 is 8.81 Å². The first kappa shape index (κ1) is 13.0. The zero-order valence-corrected chi connectivity index (χ0v) is 11.3. The Morgan fingerprint density at radius 3 is 2.78 bits per heavy atom. The Bertz CT molecular complexity index is 511. The van der Waals surface area contributed by atoms with Crippen molar-refractivity contribution in [2.24, 2.45) is 0 Å². The first-order valence-corrected chi connectivity index (χ1v) is 6.89. The maximum atomic E-state index is 13.8. The van der Waals surface area contributed by atoms with Crippen LogP contribution < -0.4 is 5.32 Å². The number of furan rings is 1. The molecule has 0 amide bonds. The molecule has 18 heavy (non-hydrogen) atoms. The van der Waals surface area contributed by atoms with E-state index in [1.807, 2.05) is 26.1 Å². The van der Waals surface area contributed by atoms with Gasteiger partial charge in [-0.3, -0.25) is 0 Å². The highest BCUT2D eigenvalue weighted by atomic mass is 32.2. The highest BCUT2D eigenvalue weighted by Gasteiger charge is 2.12. The highest BCUT2D eigenvalue weighted by Crippen LogP contribution is 2.35. The van der Waals surface area contributed by atoms with Gasteiger partial charge >= 0.3 is 0 Å². The Balaban J connectivity index is 2.26. The number of nitrogens with one attached hydrogen (secondary N) is 1. The van der Waals surface area contributed by atoms with E-state index in [9.17, 15) is 4.39 Å². The molecule has 2 nitrogen and oxygen atoms in total. The molecule has 96 valence electrons. The summed E-state index contributed by atoms with van der Waals surface area (Å²) in [6.07, 6.45) is 2.34. The molecule has 0 bridgehead atoms. The zero-order valence-electron chi connectivity index (χ0n) is 10.5. The smallest absolute Gasteiger partial charge is 0.127 e. The minimum absolute atomic E-state index is 0.140. The Morgan fingerprint density at radius 1 is 1.33 bits per heavy atom. The molecule has 0 saturated carbocycles. The molecule has 0 aliphatic heterocycles.